The highest BCUT2D eigenvalue weighted by atomic mass is 19.1. The molecule has 0 atom stereocenters. The summed E-state index contributed by atoms with van der Waals surface area (Å²) in [6.07, 6.45) is 0.0140. The van der Waals surface area contributed by atoms with Crippen LogP contribution in [0.5, 0.6) is 11.5 Å². The molecular formula is C10H11FO4. The van der Waals surface area contributed by atoms with E-state index in [0.717, 1.165) is 6.07 Å². The summed E-state index contributed by atoms with van der Waals surface area (Å²) in [6, 6.07) is 2.21. The van der Waals surface area contributed by atoms with Crippen molar-refractivity contribution < 1.29 is 24.1 Å². The van der Waals surface area contributed by atoms with Gasteiger partial charge in [-0.25, -0.2) is 4.39 Å². The number of halogens is 1. The second kappa shape index (κ2) is 4.63. The second-order valence-electron chi connectivity index (χ2n) is 3.01. The van der Waals surface area contributed by atoms with Crippen molar-refractivity contribution in [2.75, 3.05) is 7.11 Å². The number of benzene rings is 1. The van der Waals surface area contributed by atoms with Gasteiger partial charge in [0, 0.05) is 12.5 Å². The predicted octanol–water partition coefficient (Wildman–Crippen LogP) is 1.56. The number of carbonyl (C=O) groups is 1. The molecule has 0 aromatic heterocycles. The Hall–Kier alpha value is -1.78. The van der Waals surface area contributed by atoms with Crippen LogP contribution in [0.3, 0.4) is 0 Å². The molecule has 0 unspecified atom stereocenters. The lowest BCUT2D eigenvalue weighted by molar-refractivity contribution is -0.136. The van der Waals surface area contributed by atoms with Crippen LogP contribution in [-0.4, -0.2) is 23.3 Å². The minimum absolute atomic E-state index is 0.00631. The van der Waals surface area contributed by atoms with Crippen LogP contribution in [0.15, 0.2) is 12.1 Å². The number of phenolic OH excluding ortho intramolecular Hbond substituents is 1. The molecule has 0 saturated carbocycles. The number of phenols is 1. The summed E-state index contributed by atoms with van der Waals surface area (Å²) in [5.41, 5.74) is 0.357. The smallest absolute Gasteiger partial charge is 0.303 e. The van der Waals surface area contributed by atoms with Gasteiger partial charge >= 0.3 is 5.97 Å². The maximum Gasteiger partial charge on any atom is 0.303 e. The molecule has 15 heavy (non-hydrogen) atoms. The first-order chi connectivity index (χ1) is 7.04. The van der Waals surface area contributed by atoms with Gasteiger partial charge < -0.3 is 14.9 Å². The lowest BCUT2D eigenvalue weighted by Gasteiger charge is -2.07. The molecule has 0 amide bonds. The number of aryl methyl sites for hydroxylation is 1. The van der Waals surface area contributed by atoms with Gasteiger partial charge in [-0.05, 0) is 18.1 Å². The molecule has 1 aromatic carbocycles. The summed E-state index contributed by atoms with van der Waals surface area (Å²) in [5, 5.41) is 17.8. The predicted molar refractivity (Wildman–Crippen MR) is 50.6 cm³/mol. The van der Waals surface area contributed by atoms with Crippen LogP contribution in [-0.2, 0) is 11.2 Å². The zero-order valence-electron chi connectivity index (χ0n) is 8.16. The molecule has 5 heteroatoms. The lowest BCUT2D eigenvalue weighted by atomic mass is 10.1. The van der Waals surface area contributed by atoms with Crippen LogP contribution in [0.1, 0.15) is 12.0 Å². The van der Waals surface area contributed by atoms with E-state index >= 15 is 0 Å². The molecule has 0 radical (unpaired) electrons. The average Bonchev–Trinajstić information content (AvgIpc) is 2.16. The van der Waals surface area contributed by atoms with Gasteiger partial charge in [0.1, 0.15) is 5.75 Å². The van der Waals surface area contributed by atoms with Gasteiger partial charge in [0.25, 0.3) is 0 Å². The van der Waals surface area contributed by atoms with Crippen molar-refractivity contribution in [1.82, 2.24) is 0 Å². The minimum atomic E-state index is -0.974. The summed E-state index contributed by atoms with van der Waals surface area (Å²) in [7, 11) is 1.30. The van der Waals surface area contributed by atoms with E-state index in [4.69, 9.17) is 9.84 Å². The quantitative estimate of drug-likeness (QED) is 0.798. The van der Waals surface area contributed by atoms with Crippen LogP contribution in [0.4, 0.5) is 4.39 Å². The van der Waals surface area contributed by atoms with Crippen LogP contribution < -0.4 is 4.74 Å². The molecule has 1 aromatic rings. The number of carboxylic acids is 1. The summed E-state index contributed by atoms with van der Waals surface area (Å²) < 4.78 is 17.7. The number of rotatable bonds is 4. The van der Waals surface area contributed by atoms with Crippen molar-refractivity contribution in [2.24, 2.45) is 0 Å². The maximum atomic E-state index is 13.0. The molecule has 82 valence electrons. The zero-order chi connectivity index (χ0) is 11.4. The van der Waals surface area contributed by atoms with Crippen molar-refractivity contribution >= 4 is 5.97 Å². The third-order valence-electron chi connectivity index (χ3n) is 1.96. The lowest BCUT2D eigenvalue weighted by Crippen LogP contribution is -1.99. The van der Waals surface area contributed by atoms with Crippen molar-refractivity contribution in [3.05, 3.63) is 23.5 Å². The summed E-state index contributed by atoms with van der Waals surface area (Å²) in [5.74, 6) is -1.91. The Bertz CT molecular complexity index is 376. The Balaban J connectivity index is 2.92. The van der Waals surface area contributed by atoms with Crippen molar-refractivity contribution in [3.8, 4) is 11.5 Å². The second-order valence-corrected chi connectivity index (χ2v) is 3.01. The van der Waals surface area contributed by atoms with Gasteiger partial charge in [-0.1, -0.05) is 0 Å². The molecule has 0 aliphatic heterocycles. The van der Waals surface area contributed by atoms with E-state index in [2.05, 4.69) is 0 Å². The highest BCUT2D eigenvalue weighted by Gasteiger charge is 2.10. The Kier molecular flexibility index (Phi) is 3.49. The first-order valence-corrected chi connectivity index (χ1v) is 4.31. The number of ether oxygens (including phenoxy) is 1. The Labute approximate surface area is 85.9 Å². The van der Waals surface area contributed by atoms with Gasteiger partial charge in [-0.3, -0.25) is 4.79 Å². The third kappa shape index (κ3) is 2.83. The van der Waals surface area contributed by atoms with Crippen LogP contribution in [0, 0.1) is 5.82 Å². The number of aromatic hydroxyl groups is 1. The van der Waals surface area contributed by atoms with Crippen molar-refractivity contribution in [3.63, 3.8) is 0 Å². The summed E-state index contributed by atoms with van der Waals surface area (Å²) in [6.45, 7) is 0. The standard InChI is InChI=1S/C10H11FO4/c1-15-9-4-6(2-3-10(13)14)8(12)5-7(9)11/h4-5,12H,2-3H2,1H3,(H,13,14). The van der Waals surface area contributed by atoms with Gasteiger partial charge in [0.05, 0.1) is 7.11 Å². The van der Waals surface area contributed by atoms with Gasteiger partial charge in [-0.2, -0.15) is 0 Å². The first kappa shape index (κ1) is 11.3. The summed E-state index contributed by atoms with van der Waals surface area (Å²) >= 11 is 0. The number of hydrogen-bond donors (Lipinski definition) is 2. The van der Waals surface area contributed by atoms with E-state index in [1.807, 2.05) is 0 Å². The third-order valence-corrected chi connectivity index (χ3v) is 1.96. The normalized spacial score (nSPS) is 10.0. The van der Waals surface area contributed by atoms with Crippen LogP contribution in [0.2, 0.25) is 0 Å². The number of hydrogen-bond acceptors (Lipinski definition) is 3. The molecule has 0 spiro atoms. The average molecular weight is 214 g/mol. The molecule has 1 rings (SSSR count). The zero-order valence-corrected chi connectivity index (χ0v) is 8.16. The summed E-state index contributed by atoms with van der Waals surface area (Å²) in [4.78, 5) is 10.3. The van der Waals surface area contributed by atoms with E-state index in [-0.39, 0.29) is 24.3 Å². The molecule has 0 fully saturated rings. The molecule has 0 aliphatic rings. The molecule has 0 saturated heterocycles. The SMILES string of the molecule is COc1cc(CCC(=O)O)c(O)cc1F. The molecule has 0 heterocycles. The van der Waals surface area contributed by atoms with Crippen LogP contribution >= 0.6 is 0 Å². The van der Waals surface area contributed by atoms with Gasteiger partial charge in [0.15, 0.2) is 11.6 Å². The van der Waals surface area contributed by atoms with E-state index in [0.29, 0.717) is 5.56 Å². The Morgan fingerprint density at radius 1 is 1.53 bits per heavy atom. The van der Waals surface area contributed by atoms with E-state index in [9.17, 15) is 14.3 Å². The molecule has 0 bridgehead atoms. The fourth-order valence-corrected chi connectivity index (χ4v) is 1.18. The first-order valence-electron chi connectivity index (χ1n) is 4.31. The number of aliphatic carboxylic acids is 1. The molecular weight excluding hydrogens is 203 g/mol. The van der Waals surface area contributed by atoms with Gasteiger partial charge in [-0.15, -0.1) is 0 Å². The monoisotopic (exact) mass is 214 g/mol. The number of methoxy groups -OCH3 is 1. The minimum Gasteiger partial charge on any atom is -0.508 e. The molecule has 4 nitrogen and oxygen atoms in total. The van der Waals surface area contributed by atoms with E-state index in [1.54, 1.807) is 0 Å². The highest BCUT2D eigenvalue weighted by Crippen LogP contribution is 2.27. The Morgan fingerprint density at radius 2 is 2.20 bits per heavy atom. The van der Waals surface area contributed by atoms with Crippen molar-refractivity contribution in [1.29, 1.82) is 0 Å². The molecule has 2 N–H and O–H groups in total. The largest absolute Gasteiger partial charge is 0.508 e. The highest BCUT2D eigenvalue weighted by molar-refractivity contribution is 5.67. The maximum absolute atomic E-state index is 13.0. The number of carboxylic acid groups (broad SMARTS) is 1. The van der Waals surface area contributed by atoms with E-state index < -0.39 is 11.8 Å². The fourth-order valence-electron chi connectivity index (χ4n) is 1.18. The van der Waals surface area contributed by atoms with E-state index in [1.165, 1.54) is 13.2 Å². The molecule has 0 aliphatic carbocycles. The topological polar surface area (TPSA) is 66.8 Å². The van der Waals surface area contributed by atoms with Crippen LogP contribution in [0.25, 0.3) is 0 Å². The Morgan fingerprint density at radius 3 is 2.73 bits per heavy atom. The van der Waals surface area contributed by atoms with Crippen molar-refractivity contribution in [2.45, 2.75) is 12.8 Å². The fraction of sp³-hybridized carbons (Fsp3) is 0.300. The van der Waals surface area contributed by atoms with Gasteiger partial charge in [0.2, 0.25) is 0 Å².